The van der Waals surface area contributed by atoms with E-state index in [-0.39, 0.29) is 49.0 Å². The standard InChI is InChI=1S/C24H26O.C2H2O.3H2O.Ti/c1-23(2,18-12-7-5-8-13-18)20-16-11-17-21(25)22(20)24(3,4)19-14-9-6-10-15-19;1-2-3;;;;/h5-17,25H,1-4H3;1H2;3*1H2;. The summed E-state index contributed by atoms with van der Waals surface area (Å²) in [5.41, 5.74) is 4.09. The van der Waals surface area contributed by atoms with Gasteiger partial charge >= 0.3 is 0 Å². The topological polar surface area (TPSA) is 132 Å². The summed E-state index contributed by atoms with van der Waals surface area (Å²) in [7, 11) is 0. The minimum Gasteiger partial charge on any atom is -0.508 e. The molecule has 5 nitrogen and oxygen atoms in total. The van der Waals surface area contributed by atoms with Crippen molar-refractivity contribution in [3.05, 3.63) is 108 Å². The van der Waals surface area contributed by atoms with Crippen molar-refractivity contribution in [2.24, 2.45) is 0 Å². The number of hydrogen-bond donors (Lipinski definition) is 1. The molecule has 0 atom stereocenters. The van der Waals surface area contributed by atoms with Crippen molar-refractivity contribution in [2.75, 3.05) is 0 Å². The Morgan fingerprint density at radius 1 is 0.688 bits per heavy atom. The van der Waals surface area contributed by atoms with Crippen LogP contribution in [-0.4, -0.2) is 27.5 Å². The zero-order chi connectivity index (χ0) is 20.8. The van der Waals surface area contributed by atoms with E-state index in [9.17, 15) is 5.11 Å². The molecule has 0 spiro atoms. The summed E-state index contributed by atoms with van der Waals surface area (Å²) in [6.07, 6.45) is 0. The molecule has 0 amide bonds. The zero-order valence-electron chi connectivity index (χ0n) is 19.1. The molecule has 32 heavy (non-hydrogen) atoms. The maximum Gasteiger partial charge on any atom is 0.119 e. The van der Waals surface area contributed by atoms with Crippen LogP contribution in [0.4, 0.5) is 0 Å². The molecule has 0 unspecified atom stereocenters. The van der Waals surface area contributed by atoms with E-state index >= 15 is 0 Å². The summed E-state index contributed by atoms with van der Waals surface area (Å²) >= 11 is 0. The van der Waals surface area contributed by atoms with Crippen molar-refractivity contribution in [3.8, 4) is 5.75 Å². The summed E-state index contributed by atoms with van der Waals surface area (Å²) in [6, 6.07) is 26.8. The first-order valence-corrected chi connectivity index (χ1v) is 9.35. The second-order valence-electron chi connectivity index (χ2n) is 7.83. The number of phenols is 1. The van der Waals surface area contributed by atoms with Crippen LogP contribution in [0.15, 0.2) is 85.4 Å². The number of hydrogen-bond acceptors (Lipinski definition) is 2. The molecule has 0 saturated heterocycles. The van der Waals surface area contributed by atoms with Crippen LogP contribution in [0.25, 0.3) is 0 Å². The van der Waals surface area contributed by atoms with Gasteiger partial charge in [-0.1, -0.05) is 100 Å². The van der Waals surface area contributed by atoms with E-state index in [2.05, 4.69) is 88.9 Å². The van der Waals surface area contributed by atoms with Gasteiger partial charge < -0.3 is 21.5 Å². The molecule has 0 aliphatic heterocycles. The van der Waals surface area contributed by atoms with E-state index < -0.39 is 0 Å². The molecule has 0 saturated carbocycles. The predicted molar refractivity (Wildman–Crippen MR) is 127 cm³/mol. The van der Waals surface area contributed by atoms with Gasteiger partial charge in [0.2, 0.25) is 0 Å². The maximum atomic E-state index is 10.8. The molecule has 0 aliphatic carbocycles. The summed E-state index contributed by atoms with van der Waals surface area (Å²) < 4.78 is 0. The first-order chi connectivity index (χ1) is 13.3. The third-order valence-electron chi connectivity index (χ3n) is 5.33. The molecular formula is C26H34O5Ti. The number of rotatable bonds is 4. The Balaban J connectivity index is -0.00000114. The maximum absolute atomic E-state index is 10.8. The molecule has 3 aromatic rings. The van der Waals surface area contributed by atoms with Gasteiger partial charge in [-0.3, -0.25) is 0 Å². The first-order valence-electron chi connectivity index (χ1n) is 9.35. The largest absolute Gasteiger partial charge is 0.508 e. The Morgan fingerprint density at radius 2 is 1.06 bits per heavy atom. The van der Waals surface area contributed by atoms with E-state index in [1.807, 2.05) is 18.2 Å². The minimum absolute atomic E-state index is 0. The van der Waals surface area contributed by atoms with Gasteiger partial charge in [0.05, 0.1) is 0 Å². The molecule has 0 radical (unpaired) electrons. The van der Waals surface area contributed by atoms with Crippen molar-refractivity contribution >= 4 is 5.94 Å². The Morgan fingerprint density at radius 3 is 1.47 bits per heavy atom. The predicted octanol–water partition coefficient (Wildman–Crippen LogP) is 3.57. The average Bonchev–Trinajstić information content (AvgIpc) is 2.69. The first kappa shape index (κ1) is 34.1. The van der Waals surface area contributed by atoms with Crippen LogP contribution in [0.3, 0.4) is 0 Å². The Kier molecular flexibility index (Phi) is 15.5. The smallest absolute Gasteiger partial charge is 0.119 e. The third-order valence-corrected chi connectivity index (χ3v) is 5.33. The fourth-order valence-corrected chi connectivity index (χ4v) is 3.73. The van der Waals surface area contributed by atoms with Crippen LogP contribution in [0.2, 0.25) is 0 Å². The van der Waals surface area contributed by atoms with E-state index in [4.69, 9.17) is 4.79 Å². The van der Waals surface area contributed by atoms with Crippen molar-refractivity contribution in [1.82, 2.24) is 0 Å². The SMILES string of the molecule is C=C=O.CC(C)(c1ccccc1)c1cccc(O)c1C(C)(C)c1ccccc1.O.O.O.[Ti]. The Bertz CT molecular complexity index is 948. The van der Waals surface area contributed by atoms with Gasteiger partial charge in [-0.15, -0.1) is 0 Å². The zero-order valence-corrected chi connectivity index (χ0v) is 20.6. The molecule has 0 fully saturated rings. The van der Waals surface area contributed by atoms with Crippen molar-refractivity contribution in [2.45, 2.75) is 38.5 Å². The number of aromatic hydroxyl groups is 1. The van der Waals surface area contributed by atoms with Crippen LogP contribution in [0, 0.1) is 0 Å². The van der Waals surface area contributed by atoms with Gasteiger partial charge in [0.15, 0.2) is 0 Å². The van der Waals surface area contributed by atoms with Gasteiger partial charge in [0.1, 0.15) is 11.7 Å². The third kappa shape index (κ3) is 7.28. The van der Waals surface area contributed by atoms with Crippen LogP contribution >= 0.6 is 0 Å². The van der Waals surface area contributed by atoms with Crippen molar-refractivity contribution in [3.63, 3.8) is 0 Å². The summed E-state index contributed by atoms with van der Waals surface area (Å²) in [6.45, 7) is 11.5. The molecule has 3 aromatic carbocycles. The fourth-order valence-electron chi connectivity index (χ4n) is 3.73. The van der Waals surface area contributed by atoms with E-state index in [1.165, 1.54) is 17.1 Å². The average molecular weight is 474 g/mol. The van der Waals surface area contributed by atoms with E-state index in [0.717, 1.165) is 11.1 Å². The number of benzene rings is 3. The second-order valence-corrected chi connectivity index (χ2v) is 7.83. The molecule has 3 rings (SSSR count). The fraction of sp³-hybridized carbons (Fsp3) is 0.231. The van der Waals surface area contributed by atoms with Crippen LogP contribution < -0.4 is 0 Å². The molecule has 7 N–H and O–H groups in total. The summed E-state index contributed by atoms with van der Waals surface area (Å²) in [5.74, 6) is 1.61. The van der Waals surface area contributed by atoms with Gasteiger partial charge in [-0.05, 0) is 29.3 Å². The minimum atomic E-state index is -0.298. The quantitative estimate of drug-likeness (QED) is 0.458. The molecule has 0 aliphatic rings. The molecule has 172 valence electrons. The van der Waals surface area contributed by atoms with Gasteiger partial charge in [-0.2, -0.15) is 0 Å². The van der Waals surface area contributed by atoms with Crippen LogP contribution in [0.5, 0.6) is 5.75 Å². The Hall–Kier alpha value is -2.50. The van der Waals surface area contributed by atoms with Gasteiger partial charge in [0.25, 0.3) is 0 Å². The second kappa shape index (κ2) is 14.5. The molecule has 0 aromatic heterocycles. The van der Waals surface area contributed by atoms with Crippen LogP contribution in [0.1, 0.15) is 49.9 Å². The van der Waals surface area contributed by atoms with Gasteiger partial charge in [-0.25, -0.2) is 4.79 Å². The molecule has 0 heterocycles. The van der Waals surface area contributed by atoms with Crippen LogP contribution in [-0.2, 0) is 37.3 Å². The summed E-state index contributed by atoms with van der Waals surface area (Å²) in [4.78, 5) is 8.57. The molecule has 0 bridgehead atoms. The Labute approximate surface area is 205 Å². The normalized spacial score (nSPS) is 9.75. The molecular weight excluding hydrogens is 440 g/mol. The monoisotopic (exact) mass is 474 g/mol. The number of carbonyl (C=O) groups excluding carboxylic acids is 1. The summed E-state index contributed by atoms with van der Waals surface area (Å²) in [5, 5.41) is 10.8. The van der Waals surface area contributed by atoms with Crippen molar-refractivity contribution < 1.29 is 48.0 Å². The molecule has 6 heteroatoms. The van der Waals surface area contributed by atoms with E-state index in [0.29, 0.717) is 5.75 Å². The van der Waals surface area contributed by atoms with Crippen molar-refractivity contribution in [1.29, 1.82) is 0 Å². The van der Waals surface area contributed by atoms with Gasteiger partial charge in [0, 0.05) is 38.1 Å². The van der Waals surface area contributed by atoms with E-state index in [1.54, 1.807) is 6.07 Å². The number of phenolic OH excluding ortho intramolecular Hbond substituents is 1.